The first-order valence-electron chi connectivity index (χ1n) is 8.22. The highest BCUT2D eigenvalue weighted by atomic mass is 16.5. The molecular formula is C18H28O2. The van der Waals surface area contributed by atoms with Crippen molar-refractivity contribution < 1.29 is 9.84 Å². The van der Waals surface area contributed by atoms with Crippen molar-refractivity contribution in [3.63, 3.8) is 0 Å². The SMILES string of the molecule is CCCCOc1ccc(C(O)C2CCCCCC2)cc1. The van der Waals surface area contributed by atoms with Gasteiger partial charge in [0.15, 0.2) is 0 Å². The second-order valence-corrected chi connectivity index (χ2v) is 5.97. The number of rotatable bonds is 6. The molecule has 1 aromatic carbocycles. The van der Waals surface area contributed by atoms with Crippen LogP contribution in [0, 0.1) is 5.92 Å². The maximum atomic E-state index is 10.5. The lowest BCUT2D eigenvalue weighted by Gasteiger charge is -2.21. The highest BCUT2D eigenvalue weighted by Gasteiger charge is 2.21. The van der Waals surface area contributed by atoms with Crippen molar-refractivity contribution in [2.24, 2.45) is 5.92 Å². The molecule has 1 aliphatic carbocycles. The van der Waals surface area contributed by atoms with Crippen molar-refractivity contribution >= 4 is 0 Å². The number of aliphatic hydroxyl groups is 1. The summed E-state index contributed by atoms with van der Waals surface area (Å²) in [5.41, 5.74) is 1.04. The summed E-state index contributed by atoms with van der Waals surface area (Å²) in [6.07, 6.45) is 9.44. The fourth-order valence-corrected chi connectivity index (χ4v) is 2.99. The van der Waals surface area contributed by atoms with Crippen LogP contribution in [-0.2, 0) is 0 Å². The van der Waals surface area contributed by atoms with E-state index in [0.717, 1.165) is 43.6 Å². The van der Waals surface area contributed by atoms with E-state index < -0.39 is 0 Å². The van der Waals surface area contributed by atoms with Crippen molar-refractivity contribution in [1.29, 1.82) is 0 Å². The average molecular weight is 276 g/mol. The Kier molecular flexibility index (Phi) is 6.38. The van der Waals surface area contributed by atoms with E-state index in [0.29, 0.717) is 5.92 Å². The lowest BCUT2D eigenvalue weighted by molar-refractivity contribution is 0.0987. The molecule has 2 rings (SSSR count). The molecule has 1 unspecified atom stereocenters. The van der Waals surface area contributed by atoms with E-state index >= 15 is 0 Å². The first-order valence-corrected chi connectivity index (χ1v) is 8.22. The Hall–Kier alpha value is -1.02. The molecule has 2 nitrogen and oxygen atoms in total. The minimum Gasteiger partial charge on any atom is -0.494 e. The fourth-order valence-electron chi connectivity index (χ4n) is 2.99. The quantitative estimate of drug-likeness (QED) is 0.593. The number of ether oxygens (including phenoxy) is 1. The Morgan fingerprint density at radius 2 is 1.75 bits per heavy atom. The summed E-state index contributed by atoms with van der Waals surface area (Å²) >= 11 is 0. The van der Waals surface area contributed by atoms with Gasteiger partial charge in [-0.1, -0.05) is 51.2 Å². The molecule has 112 valence electrons. The zero-order chi connectivity index (χ0) is 14.2. The molecule has 1 aliphatic rings. The Labute approximate surface area is 123 Å². The van der Waals surface area contributed by atoms with Crippen molar-refractivity contribution in [3.8, 4) is 5.75 Å². The molecular weight excluding hydrogens is 248 g/mol. The van der Waals surface area contributed by atoms with Crippen LogP contribution < -0.4 is 4.74 Å². The van der Waals surface area contributed by atoms with Gasteiger partial charge in [0.2, 0.25) is 0 Å². The summed E-state index contributed by atoms with van der Waals surface area (Å²) < 4.78 is 5.66. The summed E-state index contributed by atoms with van der Waals surface area (Å²) in [5, 5.41) is 10.5. The van der Waals surface area contributed by atoms with Crippen LogP contribution in [0.15, 0.2) is 24.3 Å². The molecule has 0 saturated heterocycles. The number of hydrogen-bond donors (Lipinski definition) is 1. The largest absolute Gasteiger partial charge is 0.494 e. The van der Waals surface area contributed by atoms with Crippen molar-refractivity contribution in [2.75, 3.05) is 6.61 Å². The molecule has 1 fully saturated rings. The summed E-state index contributed by atoms with van der Waals surface area (Å²) in [7, 11) is 0. The minimum atomic E-state index is -0.308. The Balaban J connectivity index is 1.90. The minimum absolute atomic E-state index is 0.308. The highest BCUT2D eigenvalue weighted by molar-refractivity contribution is 5.28. The monoisotopic (exact) mass is 276 g/mol. The molecule has 20 heavy (non-hydrogen) atoms. The third kappa shape index (κ3) is 4.52. The van der Waals surface area contributed by atoms with E-state index in [1.807, 2.05) is 24.3 Å². The van der Waals surface area contributed by atoms with Crippen LogP contribution in [0.2, 0.25) is 0 Å². The zero-order valence-corrected chi connectivity index (χ0v) is 12.7. The number of benzene rings is 1. The lowest BCUT2D eigenvalue weighted by Crippen LogP contribution is -2.11. The Morgan fingerprint density at radius 1 is 1.10 bits per heavy atom. The van der Waals surface area contributed by atoms with E-state index in [1.165, 1.54) is 25.7 Å². The van der Waals surface area contributed by atoms with E-state index in [1.54, 1.807) is 0 Å². The van der Waals surface area contributed by atoms with Gasteiger partial charge in [-0.2, -0.15) is 0 Å². The van der Waals surface area contributed by atoms with Gasteiger partial charge in [-0.25, -0.2) is 0 Å². The molecule has 2 heteroatoms. The third-order valence-corrected chi connectivity index (χ3v) is 4.33. The van der Waals surface area contributed by atoms with E-state index in [-0.39, 0.29) is 6.10 Å². The normalized spacial score (nSPS) is 18.5. The van der Waals surface area contributed by atoms with Crippen molar-refractivity contribution in [2.45, 2.75) is 64.4 Å². The average Bonchev–Trinajstić information content (AvgIpc) is 2.77. The van der Waals surface area contributed by atoms with Gasteiger partial charge in [0.1, 0.15) is 5.75 Å². The van der Waals surface area contributed by atoms with Crippen LogP contribution in [0.1, 0.15) is 70.0 Å². The predicted octanol–water partition coefficient (Wildman–Crippen LogP) is 4.87. The smallest absolute Gasteiger partial charge is 0.119 e. The van der Waals surface area contributed by atoms with Gasteiger partial charge in [0.05, 0.1) is 12.7 Å². The molecule has 1 aromatic rings. The topological polar surface area (TPSA) is 29.5 Å². The van der Waals surface area contributed by atoms with Crippen LogP contribution in [-0.4, -0.2) is 11.7 Å². The zero-order valence-electron chi connectivity index (χ0n) is 12.7. The van der Waals surface area contributed by atoms with E-state index in [4.69, 9.17) is 4.74 Å². The van der Waals surface area contributed by atoms with Gasteiger partial charge < -0.3 is 9.84 Å². The molecule has 0 spiro atoms. The van der Waals surface area contributed by atoms with Crippen LogP contribution in [0.25, 0.3) is 0 Å². The first-order chi connectivity index (χ1) is 9.81. The lowest BCUT2D eigenvalue weighted by atomic mass is 9.89. The fraction of sp³-hybridized carbons (Fsp3) is 0.667. The van der Waals surface area contributed by atoms with Gasteiger partial charge in [0, 0.05) is 0 Å². The summed E-state index contributed by atoms with van der Waals surface area (Å²) in [6, 6.07) is 8.03. The van der Waals surface area contributed by atoms with Crippen molar-refractivity contribution in [3.05, 3.63) is 29.8 Å². The summed E-state index contributed by atoms with van der Waals surface area (Å²) in [5.74, 6) is 1.35. The maximum absolute atomic E-state index is 10.5. The number of aliphatic hydroxyl groups excluding tert-OH is 1. The second-order valence-electron chi connectivity index (χ2n) is 5.97. The molecule has 0 heterocycles. The van der Waals surface area contributed by atoms with Crippen LogP contribution >= 0.6 is 0 Å². The van der Waals surface area contributed by atoms with Crippen molar-refractivity contribution in [1.82, 2.24) is 0 Å². The second kappa shape index (κ2) is 8.31. The molecule has 0 bridgehead atoms. The molecule has 0 radical (unpaired) electrons. The summed E-state index contributed by atoms with van der Waals surface area (Å²) in [4.78, 5) is 0. The van der Waals surface area contributed by atoms with Crippen LogP contribution in [0.5, 0.6) is 5.75 Å². The Bertz CT molecular complexity index is 364. The van der Waals surface area contributed by atoms with Gasteiger partial charge in [0.25, 0.3) is 0 Å². The molecule has 1 atom stereocenters. The Morgan fingerprint density at radius 3 is 2.35 bits per heavy atom. The standard InChI is InChI=1S/C18H28O2/c1-2-3-14-20-17-12-10-16(11-13-17)18(19)15-8-6-4-5-7-9-15/h10-13,15,18-19H,2-9,14H2,1H3. The van der Waals surface area contributed by atoms with Gasteiger partial charge in [-0.15, -0.1) is 0 Å². The molecule has 1 saturated carbocycles. The molecule has 0 aliphatic heterocycles. The third-order valence-electron chi connectivity index (χ3n) is 4.33. The van der Waals surface area contributed by atoms with Crippen LogP contribution in [0.4, 0.5) is 0 Å². The van der Waals surface area contributed by atoms with E-state index in [2.05, 4.69) is 6.92 Å². The van der Waals surface area contributed by atoms with Gasteiger partial charge in [-0.05, 0) is 42.9 Å². The summed E-state index contributed by atoms with van der Waals surface area (Å²) in [6.45, 7) is 2.94. The van der Waals surface area contributed by atoms with Gasteiger partial charge in [-0.3, -0.25) is 0 Å². The maximum Gasteiger partial charge on any atom is 0.119 e. The predicted molar refractivity (Wildman–Crippen MR) is 83.0 cm³/mol. The molecule has 0 aromatic heterocycles. The van der Waals surface area contributed by atoms with Gasteiger partial charge >= 0.3 is 0 Å². The molecule has 0 amide bonds. The van der Waals surface area contributed by atoms with E-state index in [9.17, 15) is 5.11 Å². The van der Waals surface area contributed by atoms with Crippen LogP contribution in [0.3, 0.4) is 0 Å². The first kappa shape index (κ1) is 15.4. The highest BCUT2D eigenvalue weighted by Crippen LogP contribution is 2.33. The number of unbranched alkanes of at least 4 members (excludes halogenated alkanes) is 1. The number of hydrogen-bond acceptors (Lipinski definition) is 2. The molecule has 1 N–H and O–H groups in total.